The van der Waals surface area contributed by atoms with E-state index in [0.29, 0.717) is 6.61 Å². The number of carbonyl (C=O) groups excluding carboxylic acids is 1. The Morgan fingerprint density at radius 1 is 1.58 bits per heavy atom. The van der Waals surface area contributed by atoms with Crippen molar-refractivity contribution >= 4 is 5.97 Å². The van der Waals surface area contributed by atoms with Gasteiger partial charge in [0, 0.05) is 6.61 Å². The second-order valence-electron chi connectivity index (χ2n) is 2.16. The third kappa shape index (κ3) is 6.09. The first-order valence-corrected chi connectivity index (χ1v) is 3.73. The number of hydrogen-bond acceptors (Lipinski definition) is 5. The highest BCUT2D eigenvalue weighted by molar-refractivity contribution is 5.70. The van der Waals surface area contributed by atoms with Crippen LogP contribution in [0.1, 0.15) is 6.92 Å². The van der Waals surface area contributed by atoms with Crippen LogP contribution in [0.3, 0.4) is 0 Å². The van der Waals surface area contributed by atoms with E-state index in [4.69, 9.17) is 14.9 Å². The van der Waals surface area contributed by atoms with Crippen LogP contribution in [0.2, 0.25) is 0 Å². The molecule has 0 aromatic carbocycles. The van der Waals surface area contributed by atoms with Crippen LogP contribution in [-0.2, 0) is 14.3 Å². The maximum atomic E-state index is 10.7. The molecule has 0 heterocycles. The predicted octanol–water partition coefficient (Wildman–Crippen LogP) is -1.08. The van der Waals surface area contributed by atoms with Crippen molar-refractivity contribution in [3.05, 3.63) is 0 Å². The molecule has 12 heavy (non-hydrogen) atoms. The van der Waals surface area contributed by atoms with E-state index in [1.165, 1.54) is 0 Å². The zero-order valence-electron chi connectivity index (χ0n) is 7.02. The molecule has 0 bridgehead atoms. The molecule has 0 aromatic heterocycles. The van der Waals surface area contributed by atoms with E-state index in [0.717, 1.165) is 0 Å². The minimum Gasteiger partial charge on any atom is -0.461 e. The Kier molecular flexibility index (Phi) is 6.64. The van der Waals surface area contributed by atoms with Crippen molar-refractivity contribution in [2.75, 3.05) is 26.4 Å². The summed E-state index contributed by atoms with van der Waals surface area (Å²) in [6.07, 6.45) is -1.00. The average molecular weight is 178 g/mol. The molecular weight excluding hydrogens is 164 g/mol. The summed E-state index contributed by atoms with van der Waals surface area (Å²) in [6.45, 7) is 1.48. The maximum Gasteiger partial charge on any atom is 0.332 e. The van der Waals surface area contributed by atoms with E-state index in [1.54, 1.807) is 6.92 Å². The van der Waals surface area contributed by atoms with Crippen molar-refractivity contribution in [2.45, 2.75) is 13.0 Å². The minimum atomic E-state index is -1.00. The van der Waals surface area contributed by atoms with Gasteiger partial charge in [0.05, 0.1) is 6.61 Å². The molecule has 0 spiro atoms. The monoisotopic (exact) mass is 178 g/mol. The van der Waals surface area contributed by atoms with Gasteiger partial charge < -0.3 is 19.7 Å². The van der Waals surface area contributed by atoms with E-state index in [1.807, 2.05) is 0 Å². The average Bonchev–Trinajstić information content (AvgIpc) is 2.10. The number of aliphatic hydroxyl groups is 2. The first kappa shape index (κ1) is 11.4. The number of carbonyl (C=O) groups is 1. The summed E-state index contributed by atoms with van der Waals surface area (Å²) in [5.41, 5.74) is 0. The molecule has 0 radical (unpaired) electrons. The minimum absolute atomic E-state index is 0.116. The van der Waals surface area contributed by atoms with E-state index in [-0.39, 0.29) is 13.2 Å². The molecule has 0 rings (SSSR count). The van der Waals surface area contributed by atoms with Gasteiger partial charge in [0.2, 0.25) is 0 Å². The summed E-state index contributed by atoms with van der Waals surface area (Å²) >= 11 is 0. The zero-order valence-corrected chi connectivity index (χ0v) is 7.02. The largest absolute Gasteiger partial charge is 0.461 e. The van der Waals surface area contributed by atoms with Gasteiger partial charge in [-0.2, -0.15) is 0 Å². The van der Waals surface area contributed by atoms with E-state index in [9.17, 15) is 4.79 Å². The van der Waals surface area contributed by atoms with Crippen molar-refractivity contribution in [1.29, 1.82) is 0 Å². The van der Waals surface area contributed by atoms with Crippen molar-refractivity contribution in [3.63, 3.8) is 0 Å². The van der Waals surface area contributed by atoms with Gasteiger partial charge in [0.25, 0.3) is 0 Å². The van der Waals surface area contributed by atoms with Crippen LogP contribution < -0.4 is 0 Å². The Hall–Kier alpha value is -0.650. The molecule has 0 saturated carbocycles. The molecule has 0 amide bonds. The summed E-state index contributed by atoms with van der Waals surface area (Å²) in [6, 6.07) is 0. The Bertz CT molecular complexity index is 125. The van der Waals surface area contributed by atoms with Gasteiger partial charge in [-0.1, -0.05) is 0 Å². The first-order valence-electron chi connectivity index (χ1n) is 3.73. The van der Waals surface area contributed by atoms with E-state index < -0.39 is 18.7 Å². The standard InChI is InChI=1S/C7H14O5/c1-2-11-5-7(10)12-4-6(9)3-8/h6,8-9H,2-5H2,1H3. The van der Waals surface area contributed by atoms with Crippen LogP contribution in [0.5, 0.6) is 0 Å². The molecule has 0 aliphatic heterocycles. The Balaban J connectivity index is 3.31. The highest BCUT2D eigenvalue weighted by atomic mass is 16.6. The van der Waals surface area contributed by atoms with E-state index in [2.05, 4.69) is 4.74 Å². The van der Waals surface area contributed by atoms with Crippen LogP contribution >= 0.6 is 0 Å². The van der Waals surface area contributed by atoms with Crippen LogP contribution in [0, 0.1) is 0 Å². The quantitative estimate of drug-likeness (QED) is 0.506. The molecule has 0 aliphatic rings. The van der Waals surface area contributed by atoms with Crippen LogP contribution in [0.4, 0.5) is 0 Å². The zero-order chi connectivity index (χ0) is 9.40. The smallest absolute Gasteiger partial charge is 0.332 e. The fourth-order valence-corrected chi connectivity index (χ4v) is 0.469. The van der Waals surface area contributed by atoms with Crippen LogP contribution in [-0.4, -0.2) is 48.7 Å². The van der Waals surface area contributed by atoms with Crippen molar-refractivity contribution in [2.24, 2.45) is 0 Å². The normalized spacial score (nSPS) is 12.6. The number of aliphatic hydroxyl groups excluding tert-OH is 2. The molecule has 1 unspecified atom stereocenters. The summed E-state index contributed by atoms with van der Waals surface area (Å²) in [7, 11) is 0. The fourth-order valence-electron chi connectivity index (χ4n) is 0.469. The third-order valence-electron chi connectivity index (χ3n) is 1.07. The van der Waals surface area contributed by atoms with Gasteiger partial charge in [0.1, 0.15) is 19.3 Å². The molecule has 0 aromatic rings. The summed E-state index contributed by atoms with van der Waals surface area (Å²) < 4.78 is 9.27. The van der Waals surface area contributed by atoms with Crippen LogP contribution in [0.25, 0.3) is 0 Å². The highest BCUT2D eigenvalue weighted by Crippen LogP contribution is 1.86. The lowest BCUT2D eigenvalue weighted by Gasteiger charge is -2.07. The Labute approximate surface area is 70.9 Å². The molecule has 0 saturated heterocycles. The SMILES string of the molecule is CCOCC(=O)OCC(O)CO. The fraction of sp³-hybridized carbons (Fsp3) is 0.857. The molecule has 0 fully saturated rings. The summed E-state index contributed by atoms with van der Waals surface area (Å²) in [5, 5.41) is 17.1. The molecular formula is C7H14O5. The van der Waals surface area contributed by atoms with Gasteiger partial charge >= 0.3 is 5.97 Å². The summed E-state index contributed by atoms with van der Waals surface area (Å²) in [5.74, 6) is -0.538. The van der Waals surface area contributed by atoms with Gasteiger partial charge in [0.15, 0.2) is 0 Å². The Morgan fingerprint density at radius 2 is 2.25 bits per heavy atom. The van der Waals surface area contributed by atoms with Crippen LogP contribution in [0.15, 0.2) is 0 Å². The molecule has 5 heteroatoms. The lowest BCUT2D eigenvalue weighted by atomic mass is 10.4. The molecule has 1 atom stereocenters. The van der Waals surface area contributed by atoms with Gasteiger partial charge in [-0.15, -0.1) is 0 Å². The molecule has 72 valence electrons. The number of ether oxygens (including phenoxy) is 2. The van der Waals surface area contributed by atoms with Gasteiger partial charge in [-0.3, -0.25) is 0 Å². The lowest BCUT2D eigenvalue weighted by molar-refractivity contribution is -0.152. The van der Waals surface area contributed by atoms with E-state index >= 15 is 0 Å². The second-order valence-corrected chi connectivity index (χ2v) is 2.16. The molecule has 0 aliphatic carbocycles. The summed E-state index contributed by atoms with van der Waals surface area (Å²) in [4.78, 5) is 10.7. The van der Waals surface area contributed by atoms with Gasteiger partial charge in [-0.05, 0) is 6.92 Å². The predicted molar refractivity (Wildman–Crippen MR) is 40.5 cm³/mol. The van der Waals surface area contributed by atoms with Crippen molar-refractivity contribution in [3.8, 4) is 0 Å². The number of hydrogen-bond donors (Lipinski definition) is 2. The Morgan fingerprint density at radius 3 is 2.75 bits per heavy atom. The highest BCUT2D eigenvalue weighted by Gasteiger charge is 2.06. The van der Waals surface area contributed by atoms with Crippen molar-refractivity contribution in [1.82, 2.24) is 0 Å². The number of rotatable bonds is 6. The molecule has 2 N–H and O–H groups in total. The first-order chi connectivity index (χ1) is 5.70. The lowest BCUT2D eigenvalue weighted by Crippen LogP contribution is -2.23. The molecule has 5 nitrogen and oxygen atoms in total. The third-order valence-corrected chi connectivity index (χ3v) is 1.07. The van der Waals surface area contributed by atoms with Crippen molar-refractivity contribution < 1.29 is 24.5 Å². The maximum absolute atomic E-state index is 10.7. The van der Waals surface area contributed by atoms with Gasteiger partial charge in [-0.25, -0.2) is 4.79 Å². The second kappa shape index (κ2) is 7.02. The topological polar surface area (TPSA) is 76.0 Å². The number of esters is 1.